The van der Waals surface area contributed by atoms with Crippen LogP contribution >= 0.6 is 0 Å². The molecule has 1 aromatic heterocycles. The Hall–Kier alpha value is -2.62. The summed E-state index contributed by atoms with van der Waals surface area (Å²) in [4.78, 5) is 19.7. The van der Waals surface area contributed by atoms with Gasteiger partial charge in [0.1, 0.15) is 5.82 Å². The highest BCUT2D eigenvalue weighted by Gasteiger charge is 2.23. The first-order valence-corrected chi connectivity index (χ1v) is 10.9. The monoisotopic (exact) mass is 389 g/mol. The molecule has 0 atom stereocenters. The minimum atomic E-state index is 0.138. The van der Waals surface area contributed by atoms with Crippen LogP contribution in [0, 0.1) is 0 Å². The van der Waals surface area contributed by atoms with E-state index in [9.17, 15) is 4.79 Å². The van der Waals surface area contributed by atoms with E-state index in [4.69, 9.17) is 4.98 Å². The molecule has 2 aromatic carbocycles. The number of rotatable bonds is 5. The molecule has 152 valence electrons. The molecule has 0 spiro atoms. The maximum absolute atomic E-state index is 12.9. The molecule has 0 radical (unpaired) electrons. The van der Waals surface area contributed by atoms with Gasteiger partial charge in [0, 0.05) is 31.1 Å². The van der Waals surface area contributed by atoms with Gasteiger partial charge in [-0.2, -0.15) is 0 Å². The number of carbonyl (C=O) groups is 1. The molecule has 0 unspecified atom stereocenters. The average molecular weight is 390 g/mol. The lowest BCUT2D eigenvalue weighted by Crippen LogP contribution is -2.38. The van der Waals surface area contributed by atoms with Gasteiger partial charge in [0.05, 0.1) is 11.0 Å². The van der Waals surface area contributed by atoms with E-state index < -0.39 is 0 Å². The van der Waals surface area contributed by atoms with E-state index in [-0.39, 0.29) is 5.91 Å². The van der Waals surface area contributed by atoms with Gasteiger partial charge in [-0.05, 0) is 42.7 Å². The molecule has 1 fully saturated rings. The number of hydrogen-bond donors (Lipinski definition) is 0. The van der Waals surface area contributed by atoms with E-state index in [2.05, 4.69) is 48.7 Å². The largest absolute Gasteiger partial charge is 0.339 e. The lowest BCUT2D eigenvalue weighted by atomic mass is 9.94. The third-order valence-corrected chi connectivity index (χ3v) is 6.18. The number of fused-ring (bicyclic) bond motifs is 1. The van der Waals surface area contributed by atoms with Crippen molar-refractivity contribution in [2.75, 3.05) is 7.05 Å². The van der Waals surface area contributed by atoms with Crippen molar-refractivity contribution < 1.29 is 4.79 Å². The molecule has 0 bridgehead atoms. The summed E-state index contributed by atoms with van der Waals surface area (Å²) in [6.45, 7) is 5.13. The van der Waals surface area contributed by atoms with Gasteiger partial charge in [-0.15, -0.1) is 0 Å². The number of carbonyl (C=O) groups excluding carboxylic acids is 1. The molecule has 29 heavy (non-hydrogen) atoms. The summed E-state index contributed by atoms with van der Waals surface area (Å²) in [5.41, 5.74) is 4.17. The quantitative estimate of drug-likeness (QED) is 0.568. The summed E-state index contributed by atoms with van der Waals surface area (Å²) >= 11 is 0. The van der Waals surface area contributed by atoms with Gasteiger partial charge in [0.15, 0.2) is 0 Å². The lowest BCUT2D eigenvalue weighted by Gasteiger charge is -2.31. The first kappa shape index (κ1) is 19.7. The van der Waals surface area contributed by atoms with Crippen molar-refractivity contribution in [1.82, 2.24) is 14.5 Å². The fourth-order valence-corrected chi connectivity index (χ4v) is 4.47. The Labute approximate surface area is 173 Å². The predicted octanol–water partition coefficient (Wildman–Crippen LogP) is 5.61. The number of aromatic nitrogens is 2. The van der Waals surface area contributed by atoms with Crippen LogP contribution in [0.3, 0.4) is 0 Å². The molecule has 1 saturated carbocycles. The Morgan fingerprint density at radius 3 is 2.45 bits per heavy atom. The number of para-hydroxylation sites is 2. The van der Waals surface area contributed by atoms with Crippen molar-refractivity contribution in [3.8, 4) is 0 Å². The second-order valence-corrected chi connectivity index (χ2v) is 8.60. The van der Waals surface area contributed by atoms with Crippen LogP contribution in [-0.2, 0) is 6.54 Å². The summed E-state index contributed by atoms with van der Waals surface area (Å²) in [7, 11) is 1.96. The fraction of sp³-hybridized carbons (Fsp3) is 0.440. The van der Waals surface area contributed by atoms with E-state index in [0.717, 1.165) is 41.8 Å². The van der Waals surface area contributed by atoms with E-state index >= 15 is 0 Å². The highest BCUT2D eigenvalue weighted by molar-refractivity contribution is 5.94. The second kappa shape index (κ2) is 8.40. The van der Waals surface area contributed by atoms with Gasteiger partial charge < -0.3 is 9.47 Å². The summed E-state index contributed by atoms with van der Waals surface area (Å²) in [5, 5.41) is 0. The molecule has 4 rings (SSSR count). The topological polar surface area (TPSA) is 38.1 Å². The Morgan fingerprint density at radius 2 is 1.76 bits per heavy atom. The van der Waals surface area contributed by atoms with Crippen molar-refractivity contribution in [2.45, 2.75) is 64.5 Å². The maximum Gasteiger partial charge on any atom is 0.253 e. The summed E-state index contributed by atoms with van der Waals surface area (Å²) in [6, 6.07) is 16.8. The van der Waals surface area contributed by atoms with Crippen molar-refractivity contribution in [2.24, 2.45) is 0 Å². The van der Waals surface area contributed by atoms with Crippen LogP contribution in [0.25, 0.3) is 11.0 Å². The molecule has 1 aliphatic rings. The predicted molar refractivity (Wildman–Crippen MR) is 118 cm³/mol. The highest BCUT2D eigenvalue weighted by atomic mass is 16.2. The lowest BCUT2D eigenvalue weighted by molar-refractivity contribution is 0.0696. The zero-order chi connectivity index (χ0) is 20.4. The van der Waals surface area contributed by atoms with Crippen LogP contribution in [-0.4, -0.2) is 33.4 Å². The summed E-state index contributed by atoms with van der Waals surface area (Å²) < 4.78 is 2.30. The number of amides is 1. The molecule has 4 heteroatoms. The van der Waals surface area contributed by atoms with Gasteiger partial charge in [0.2, 0.25) is 0 Å². The normalized spacial score (nSPS) is 15.2. The van der Waals surface area contributed by atoms with Gasteiger partial charge in [0.25, 0.3) is 5.91 Å². The van der Waals surface area contributed by atoms with Crippen molar-refractivity contribution >= 4 is 16.9 Å². The Bertz CT molecular complexity index is 981. The summed E-state index contributed by atoms with van der Waals surface area (Å²) in [6.07, 6.45) is 6.03. The van der Waals surface area contributed by atoms with Crippen LogP contribution < -0.4 is 0 Å². The van der Waals surface area contributed by atoms with Gasteiger partial charge in [-0.25, -0.2) is 4.98 Å². The highest BCUT2D eigenvalue weighted by Crippen LogP contribution is 2.25. The maximum atomic E-state index is 12.9. The molecule has 0 N–H and O–H groups in total. The molecule has 1 amide bonds. The van der Waals surface area contributed by atoms with Gasteiger partial charge in [-0.1, -0.05) is 57.4 Å². The van der Waals surface area contributed by atoms with Crippen LogP contribution in [0.15, 0.2) is 48.5 Å². The average Bonchev–Trinajstić information content (AvgIpc) is 3.13. The molecule has 0 aliphatic heterocycles. The zero-order valence-corrected chi connectivity index (χ0v) is 17.8. The molecular formula is C25H31N3O. The first-order chi connectivity index (χ1) is 14.0. The van der Waals surface area contributed by atoms with Crippen molar-refractivity contribution in [3.05, 3.63) is 65.5 Å². The summed E-state index contributed by atoms with van der Waals surface area (Å²) in [5.74, 6) is 1.59. The van der Waals surface area contributed by atoms with E-state index in [1.165, 1.54) is 24.8 Å². The number of nitrogens with zero attached hydrogens (tertiary/aromatic N) is 3. The number of imidazole rings is 1. The molecule has 1 aliphatic carbocycles. The van der Waals surface area contributed by atoms with Gasteiger partial charge in [-0.3, -0.25) is 4.79 Å². The van der Waals surface area contributed by atoms with Crippen molar-refractivity contribution in [1.29, 1.82) is 0 Å². The number of benzene rings is 2. The fourth-order valence-electron chi connectivity index (χ4n) is 4.47. The number of hydrogen-bond acceptors (Lipinski definition) is 2. The third-order valence-electron chi connectivity index (χ3n) is 6.18. The van der Waals surface area contributed by atoms with Crippen LogP contribution in [0.1, 0.15) is 73.6 Å². The smallest absolute Gasteiger partial charge is 0.253 e. The van der Waals surface area contributed by atoms with Gasteiger partial charge >= 0.3 is 0 Å². The van der Waals surface area contributed by atoms with Crippen LogP contribution in [0.5, 0.6) is 0 Å². The molecule has 1 heterocycles. The standard InChI is InChI=1S/C25H31N3O/c1-18(2)24-26-22-11-7-8-12-23(22)28(24)17-19-13-15-20(16-14-19)25(29)27(3)21-9-5-4-6-10-21/h7-8,11-16,18,21H,4-6,9-10,17H2,1-3H3. The molecule has 0 saturated heterocycles. The minimum Gasteiger partial charge on any atom is -0.339 e. The Balaban J connectivity index is 1.54. The van der Waals surface area contributed by atoms with E-state index in [1.54, 1.807) is 0 Å². The molecule has 3 aromatic rings. The third kappa shape index (κ3) is 4.07. The Morgan fingerprint density at radius 1 is 1.07 bits per heavy atom. The van der Waals surface area contributed by atoms with E-state index in [1.807, 2.05) is 30.1 Å². The SMILES string of the molecule is CC(C)c1nc2ccccc2n1Cc1ccc(C(=O)N(C)C2CCCCC2)cc1. The first-order valence-electron chi connectivity index (χ1n) is 10.9. The van der Waals surface area contributed by atoms with Crippen LogP contribution in [0.4, 0.5) is 0 Å². The second-order valence-electron chi connectivity index (χ2n) is 8.60. The molecule has 4 nitrogen and oxygen atoms in total. The zero-order valence-electron chi connectivity index (χ0n) is 17.8. The van der Waals surface area contributed by atoms with Crippen molar-refractivity contribution in [3.63, 3.8) is 0 Å². The molecular weight excluding hydrogens is 358 g/mol. The minimum absolute atomic E-state index is 0.138. The Kier molecular flexibility index (Phi) is 5.70. The van der Waals surface area contributed by atoms with Crippen LogP contribution in [0.2, 0.25) is 0 Å². The van der Waals surface area contributed by atoms with E-state index in [0.29, 0.717) is 12.0 Å².